The van der Waals surface area contributed by atoms with Gasteiger partial charge < -0.3 is 9.84 Å². The van der Waals surface area contributed by atoms with Crippen molar-refractivity contribution in [2.24, 2.45) is 0 Å². The highest BCUT2D eigenvalue weighted by atomic mass is 32.2. The molecule has 0 amide bonds. The maximum absolute atomic E-state index is 12.0. The third-order valence-corrected chi connectivity index (χ3v) is 4.84. The molecule has 0 aromatic heterocycles. The first-order chi connectivity index (χ1) is 9.44. The second-order valence-electron chi connectivity index (χ2n) is 4.34. The number of ether oxygens (including phenoxy) is 1. The average molecular weight is 297 g/mol. The van der Waals surface area contributed by atoms with E-state index in [1.54, 1.807) is 18.2 Å². The van der Waals surface area contributed by atoms with Gasteiger partial charge in [0.1, 0.15) is 5.75 Å². The van der Waals surface area contributed by atoms with Crippen molar-refractivity contribution in [2.75, 3.05) is 23.7 Å². The number of carboxylic acid groups (broad SMARTS) is 1. The van der Waals surface area contributed by atoms with Gasteiger partial charge in [-0.3, -0.25) is 4.31 Å². The molecule has 1 heterocycles. The Morgan fingerprint density at radius 2 is 2.20 bits per heavy atom. The Morgan fingerprint density at radius 1 is 1.45 bits per heavy atom. The molecular weight excluding hydrogens is 282 g/mol. The molecule has 1 aromatic rings. The van der Waals surface area contributed by atoms with Gasteiger partial charge in [0.25, 0.3) is 0 Å². The van der Waals surface area contributed by atoms with Crippen LogP contribution in [0, 0.1) is 0 Å². The maximum Gasteiger partial charge on any atom is 0.328 e. The molecule has 1 aromatic carbocycles. The van der Waals surface area contributed by atoms with Crippen LogP contribution in [0.2, 0.25) is 0 Å². The number of hydrogen-bond donors (Lipinski definition) is 1. The van der Waals surface area contributed by atoms with Crippen molar-refractivity contribution < 1.29 is 23.1 Å². The largest absolute Gasteiger partial charge is 0.495 e. The van der Waals surface area contributed by atoms with Gasteiger partial charge in [-0.25, -0.2) is 13.2 Å². The lowest BCUT2D eigenvalue weighted by molar-refractivity contribution is -0.131. The topological polar surface area (TPSA) is 83.9 Å². The van der Waals surface area contributed by atoms with Crippen LogP contribution in [-0.2, 0) is 14.8 Å². The summed E-state index contributed by atoms with van der Waals surface area (Å²) in [7, 11) is -1.84. The fraction of sp³-hybridized carbons (Fsp3) is 0.308. The third kappa shape index (κ3) is 2.93. The molecule has 1 N–H and O–H groups in total. The third-order valence-electron chi connectivity index (χ3n) is 2.99. The minimum absolute atomic E-state index is 0.116. The molecule has 0 atom stereocenters. The minimum Gasteiger partial charge on any atom is -0.495 e. The molecule has 1 saturated heterocycles. The van der Waals surface area contributed by atoms with Gasteiger partial charge in [-0.1, -0.05) is 6.07 Å². The van der Waals surface area contributed by atoms with Crippen molar-refractivity contribution in [3.05, 3.63) is 29.8 Å². The summed E-state index contributed by atoms with van der Waals surface area (Å²) in [5.74, 6) is -0.496. The van der Waals surface area contributed by atoms with Gasteiger partial charge in [-0.15, -0.1) is 0 Å². The number of rotatable bonds is 4. The lowest BCUT2D eigenvalue weighted by Gasteiger charge is -2.20. The van der Waals surface area contributed by atoms with Crippen molar-refractivity contribution in [2.45, 2.75) is 6.42 Å². The summed E-state index contributed by atoms with van der Waals surface area (Å²) >= 11 is 0. The second kappa shape index (κ2) is 5.54. The van der Waals surface area contributed by atoms with E-state index in [4.69, 9.17) is 9.84 Å². The van der Waals surface area contributed by atoms with Gasteiger partial charge >= 0.3 is 5.97 Å². The molecule has 6 nitrogen and oxygen atoms in total. The molecule has 2 rings (SSSR count). The molecule has 7 heteroatoms. The lowest BCUT2D eigenvalue weighted by atomic mass is 10.1. The predicted molar refractivity (Wildman–Crippen MR) is 75.4 cm³/mol. The zero-order valence-electron chi connectivity index (χ0n) is 10.9. The van der Waals surface area contributed by atoms with Gasteiger partial charge in [0.2, 0.25) is 10.0 Å². The highest BCUT2D eigenvalue weighted by Gasteiger charge is 2.30. The van der Waals surface area contributed by atoms with E-state index < -0.39 is 16.0 Å². The number of carbonyl (C=O) groups is 1. The van der Waals surface area contributed by atoms with Crippen molar-refractivity contribution in [3.8, 4) is 5.75 Å². The van der Waals surface area contributed by atoms with E-state index in [-0.39, 0.29) is 5.75 Å². The molecule has 20 heavy (non-hydrogen) atoms. The van der Waals surface area contributed by atoms with Crippen LogP contribution in [-0.4, -0.2) is 38.9 Å². The first-order valence-corrected chi connectivity index (χ1v) is 7.64. The van der Waals surface area contributed by atoms with E-state index >= 15 is 0 Å². The Balaban J connectivity index is 2.44. The number of hydrogen-bond acceptors (Lipinski definition) is 4. The van der Waals surface area contributed by atoms with Crippen LogP contribution in [0.5, 0.6) is 5.75 Å². The van der Waals surface area contributed by atoms with Crippen LogP contribution in [0.4, 0.5) is 5.69 Å². The van der Waals surface area contributed by atoms with Crippen LogP contribution in [0.1, 0.15) is 12.0 Å². The number of benzene rings is 1. The summed E-state index contributed by atoms with van der Waals surface area (Å²) in [6.45, 7) is 0.408. The Hall–Kier alpha value is -2.02. The van der Waals surface area contributed by atoms with Crippen LogP contribution in [0.3, 0.4) is 0 Å². The maximum atomic E-state index is 12.0. The first kappa shape index (κ1) is 14.4. The molecule has 1 aliphatic rings. The van der Waals surface area contributed by atoms with E-state index in [0.29, 0.717) is 30.0 Å². The molecule has 0 bridgehead atoms. The summed E-state index contributed by atoms with van der Waals surface area (Å²) in [6.07, 6.45) is 2.98. The minimum atomic E-state index is -3.31. The lowest BCUT2D eigenvalue weighted by Crippen LogP contribution is -2.25. The monoisotopic (exact) mass is 297 g/mol. The zero-order valence-corrected chi connectivity index (χ0v) is 11.8. The summed E-state index contributed by atoms with van der Waals surface area (Å²) < 4.78 is 30.4. The van der Waals surface area contributed by atoms with Gasteiger partial charge in [-0.2, -0.15) is 0 Å². The average Bonchev–Trinajstić information content (AvgIpc) is 2.75. The number of sulfonamides is 1. The Morgan fingerprint density at radius 3 is 2.75 bits per heavy atom. The smallest absolute Gasteiger partial charge is 0.328 e. The van der Waals surface area contributed by atoms with Gasteiger partial charge in [0.15, 0.2) is 0 Å². The van der Waals surface area contributed by atoms with Gasteiger partial charge in [0, 0.05) is 12.6 Å². The highest BCUT2D eigenvalue weighted by Crippen LogP contribution is 2.34. The molecule has 0 radical (unpaired) electrons. The summed E-state index contributed by atoms with van der Waals surface area (Å²) in [5, 5.41) is 8.62. The van der Waals surface area contributed by atoms with Crippen molar-refractivity contribution in [1.29, 1.82) is 0 Å². The van der Waals surface area contributed by atoms with E-state index in [0.717, 1.165) is 6.08 Å². The standard InChI is InChI=1S/C13H15NO5S/c1-19-12-5-3-10(4-6-13(15)16)9-11(12)14-7-2-8-20(14,17)18/h3-6,9H,2,7-8H2,1H3,(H,15,16). The quantitative estimate of drug-likeness (QED) is 0.848. The van der Waals surface area contributed by atoms with E-state index in [1.165, 1.54) is 17.5 Å². The SMILES string of the molecule is COc1ccc(C=CC(=O)O)cc1N1CCCS1(=O)=O. The number of anilines is 1. The molecule has 0 unspecified atom stereocenters. The van der Waals surface area contributed by atoms with E-state index in [9.17, 15) is 13.2 Å². The number of aliphatic carboxylic acids is 1. The molecule has 1 fully saturated rings. The molecular formula is C13H15NO5S. The summed E-state index contributed by atoms with van der Waals surface area (Å²) in [6, 6.07) is 4.91. The Labute approximate surface area is 117 Å². The van der Waals surface area contributed by atoms with E-state index in [2.05, 4.69) is 0 Å². The van der Waals surface area contributed by atoms with Crippen molar-refractivity contribution in [1.82, 2.24) is 0 Å². The van der Waals surface area contributed by atoms with Crippen molar-refractivity contribution >= 4 is 27.8 Å². The number of carboxylic acids is 1. The zero-order chi connectivity index (χ0) is 14.8. The normalized spacial score (nSPS) is 17.6. The Bertz CT molecular complexity index is 651. The molecule has 0 aliphatic carbocycles. The second-order valence-corrected chi connectivity index (χ2v) is 6.36. The molecule has 108 valence electrons. The van der Waals surface area contributed by atoms with Crippen LogP contribution < -0.4 is 9.04 Å². The van der Waals surface area contributed by atoms with Gasteiger partial charge in [-0.05, 0) is 30.2 Å². The van der Waals surface area contributed by atoms with Crippen LogP contribution >= 0.6 is 0 Å². The number of methoxy groups -OCH3 is 1. The summed E-state index contributed by atoms with van der Waals surface area (Å²) in [4.78, 5) is 10.5. The molecule has 0 spiro atoms. The van der Waals surface area contributed by atoms with Crippen LogP contribution in [0.25, 0.3) is 6.08 Å². The Kier molecular flexibility index (Phi) is 3.99. The number of nitrogens with zero attached hydrogens (tertiary/aromatic N) is 1. The highest BCUT2D eigenvalue weighted by molar-refractivity contribution is 7.93. The van der Waals surface area contributed by atoms with E-state index in [1.807, 2.05) is 0 Å². The fourth-order valence-electron chi connectivity index (χ4n) is 2.08. The van der Waals surface area contributed by atoms with Gasteiger partial charge in [0.05, 0.1) is 18.6 Å². The molecule has 0 saturated carbocycles. The predicted octanol–water partition coefficient (Wildman–Crippen LogP) is 1.33. The summed E-state index contributed by atoms with van der Waals surface area (Å²) in [5.41, 5.74) is 1.04. The molecule has 1 aliphatic heterocycles. The first-order valence-electron chi connectivity index (χ1n) is 6.03. The fourth-order valence-corrected chi connectivity index (χ4v) is 3.65. The van der Waals surface area contributed by atoms with Crippen LogP contribution in [0.15, 0.2) is 24.3 Å². The van der Waals surface area contributed by atoms with Crippen molar-refractivity contribution in [3.63, 3.8) is 0 Å².